The summed E-state index contributed by atoms with van der Waals surface area (Å²) in [6, 6.07) is 0. The standard InChI is InChI=1S/C20H38N2O2/c1-2-3-4-5-6-7-8-9-12-15-18(19(21)23)20(24)22-16-13-10-11-14-17-22/h18H,2-17H2,1H3,(H2,21,23). The Kier molecular flexibility index (Phi) is 11.6. The SMILES string of the molecule is CCCCCCCCCCCC(C(N)=O)C(=O)N1CCCCCC1. The summed E-state index contributed by atoms with van der Waals surface area (Å²) in [5, 5.41) is 0. The average molecular weight is 339 g/mol. The predicted octanol–water partition coefficient (Wildman–Crippen LogP) is 4.41. The van der Waals surface area contributed by atoms with E-state index < -0.39 is 11.8 Å². The lowest BCUT2D eigenvalue weighted by Gasteiger charge is -2.24. The first-order valence-electron chi connectivity index (χ1n) is 10.2. The highest BCUT2D eigenvalue weighted by Gasteiger charge is 2.28. The van der Waals surface area contributed by atoms with Crippen LogP contribution in [0.5, 0.6) is 0 Å². The maximum Gasteiger partial charge on any atom is 0.235 e. The molecule has 4 nitrogen and oxygen atoms in total. The monoisotopic (exact) mass is 338 g/mol. The van der Waals surface area contributed by atoms with Crippen molar-refractivity contribution in [2.45, 2.75) is 96.8 Å². The zero-order valence-electron chi connectivity index (χ0n) is 15.7. The van der Waals surface area contributed by atoms with Crippen molar-refractivity contribution in [2.75, 3.05) is 13.1 Å². The van der Waals surface area contributed by atoms with Gasteiger partial charge in [-0.2, -0.15) is 0 Å². The number of unbranched alkanes of at least 4 members (excludes halogenated alkanes) is 8. The zero-order chi connectivity index (χ0) is 17.6. The fraction of sp³-hybridized carbons (Fsp3) is 0.900. The predicted molar refractivity (Wildman–Crippen MR) is 99.6 cm³/mol. The van der Waals surface area contributed by atoms with E-state index in [1.807, 2.05) is 4.90 Å². The molecule has 0 bridgehead atoms. The summed E-state index contributed by atoms with van der Waals surface area (Å²) < 4.78 is 0. The van der Waals surface area contributed by atoms with Crippen molar-refractivity contribution in [3.8, 4) is 0 Å². The van der Waals surface area contributed by atoms with Gasteiger partial charge in [0.1, 0.15) is 5.92 Å². The van der Waals surface area contributed by atoms with Crippen LogP contribution in [0.25, 0.3) is 0 Å². The van der Waals surface area contributed by atoms with Crippen molar-refractivity contribution in [1.82, 2.24) is 4.90 Å². The highest BCUT2D eigenvalue weighted by atomic mass is 16.2. The molecule has 140 valence electrons. The third-order valence-electron chi connectivity index (χ3n) is 5.16. The van der Waals surface area contributed by atoms with E-state index in [-0.39, 0.29) is 5.91 Å². The van der Waals surface area contributed by atoms with Crippen LogP contribution in [0.2, 0.25) is 0 Å². The minimum Gasteiger partial charge on any atom is -0.369 e. The average Bonchev–Trinajstić information content (AvgIpc) is 2.85. The number of carbonyl (C=O) groups is 2. The molecule has 2 N–H and O–H groups in total. The largest absolute Gasteiger partial charge is 0.369 e. The minimum atomic E-state index is -0.604. The number of carbonyl (C=O) groups excluding carboxylic acids is 2. The molecule has 1 atom stereocenters. The van der Waals surface area contributed by atoms with E-state index >= 15 is 0 Å². The van der Waals surface area contributed by atoms with E-state index in [0.717, 1.165) is 38.8 Å². The number of hydrogen-bond donors (Lipinski definition) is 1. The lowest BCUT2D eigenvalue weighted by molar-refractivity contribution is -0.141. The summed E-state index contributed by atoms with van der Waals surface area (Å²) in [5.41, 5.74) is 5.51. The second-order valence-corrected chi connectivity index (χ2v) is 7.31. The van der Waals surface area contributed by atoms with Crippen LogP contribution >= 0.6 is 0 Å². The molecule has 0 spiro atoms. The Morgan fingerprint density at radius 2 is 1.33 bits per heavy atom. The summed E-state index contributed by atoms with van der Waals surface area (Å²) in [6.45, 7) is 3.82. The molecule has 1 fully saturated rings. The van der Waals surface area contributed by atoms with Crippen LogP contribution in [-0.4, -0.2) is 29.8 Å². The number of primary amides is 1. The molecule has 0 aliphatic carbocycles. The summed E-state index contributed by atoms with van der Waals surface area (Å²) in [4.78, 5) is 26.2. The van der Waals surface area contributed by atoms with Crippen molar-refractivity contribution in [3.63, 3.8) is 0 Å². The molecule has 1 rings (SSSR count). The number of amides is 2. The number of rotatable bonds is 12. The van der Waals surface area contributed by atoms with Gasteiger partial charge in [-0.1, -0.05) is 77.6 Å². The topological polar surface area (TPSA) is 63.4 Å². The minimum absolute atomic E-state index is 0.0241. The Morgan fingerprint density at radius 1 is 0.833 bits per heavy atom. The molecule has 0 radical (unpaired) electrons. The Bertz CT molecular complexity index is 350. The summed E-state index contributed by atoms with van der Waals surface area (Å²) in [5.74, 6) is -1.07. The maximum atomic E-state index is 12.6. The van der Waals surface area contributed by atoms with Gasteiger partial charge in [0.25, 0.3) is 0 Å². The third-order valence-corrected chi connectivity index (χ3v) is 5.16. The molecule has 0 aromatic heterocycles. The number of nitrogens with two attached hydrogens (primary N) is 1. The number of likely N-dealkylation sites (tertiary alicyclic amines) is 1. The van der Waals surface area contributed by atoms with E-state index in [9.17, 15) is 9.59 Å². The molecule has 1 aliphatic rings. The van der Waals surface area contributed by atoms with Crippen LogP contribution in [0.1, 0.15) is 96.8 Å². The second kappa shape index (κ2) is 13.3. The number of nitrogens with zero attached hydrogens (tertiary/aromatic N) is 1. The lowest BCUT2D eigenvalue weighted by Crippen LogP contribution is -2.42. The van der Waals surface area contributed by atoms with E-state index in [4.69, 9.17) is 5.73 Å². The van der Waals surface area contributed by atoms with E-state index in [1.54, 1.807) is 0 Å². The van der Waals surface area contributed by atoms with E-state index in [0.29, 0.717) is 6.42 Å². The lowest BCUT2D eigenvalue weighted by atomic mass is 9.97. The molecule has 1 unspecified atom stereocenters. The Hall–Kier alpha value is -1.06. The first-order chi connectivity index (χ1) is 11.7. The van der Waals surface area contributed by atoms with Gasteiger partial charge < -0.3 is 10.6 Å². The molecule has 0 aromatic rings. The molecular formula is C20H38N2O2. The fourth-order valence-electron chi connectivity index (χ4n) is 3.56. The molecule has 0 aromatic carbocycles. The first-order valence-corrected chi connectivity index (χ1v) is 10.2. The van der Waals surface area contributed by atoms with Crippen molar-refractivity contribution >= 4 is 11.8 Å². The van der Waals surface area contributed by atoms with Crippen LogP contribution in [0.15, 0.2) is 0 Å². The van der Waals surface area contributed by atoms with Crippen molar-refractivity contribution in [2.24, 2.45) is 11.7 Å². The van der Waals surface area contributed by atoms with Crippen LogP contribution in [0.4, 0.5) is 0 Å². The zero-order valence-corrected chi connectivity index (χ0v) is 15.7. The Morgan fingerprint density at radius 3 is 1.83 bits per heavy atom. The maximum absolute atomic E-state index is 12.6. The van der Waals surface area contributed by atoms with Gasteiger partial charge in [-0.05, 0) is 19.3 Å². The van der Waals surface area contributed by atoms with Gasteiger partial charge in [0.05, 0.1) is 0 Å². The van der Waals surface area contributed by atoms with E-state index in [1.165, 1.54) is 57.8 Å². The Balaban J connectivity index is 2.20. The third kappa shape index (κ3) is 8.70. The van der Waals surface area contributed by atoms with Crippen LogP contribution in [0, 0.1) is 5.92 Å². The highest BCUT2D eigenvalue weighted by Crippen LogP contribution is 2.18. The molecule has 0 saturated carbocycles. The fourth-order valence-corrected chi connectivity index (χ4v) is 3.56. The summed E-state index contributed by atoms with van der Waals surface area (Å²) in [6.07, 6.45) is 16.2. The van der Waals surface area contributed by atoms with Crippen molar-refractivity contribution in [3.05, 3.63) is 0 Å². The van der Waals surface area contributed by atoms with E-state index in [2.05, 4.69) is 6.92 Å². The van der Waals surface area contributed by atoms with Gasteiger partial charge in [-0.3, -0.25) is 9.59 Å². The Labute approximate surface area is 148 Å². The second-order valence-electron chi connectivity index (χ2n) is 7.31. The smallest absolute Gasteiger partial charge is 0.235 e. The number of hydrogen-bond acceptors (Lipinski definition) is 2. The van der Waals surface area contributed by atoms with Crippen molar-refractivity contribution in [1.29, 1.82) is 0 Å². The van der Waals surface area contributed by atoms with Crippen molar-refractivity contribution < 1.29 is 9.59 Å². The molecule has 2 amide bonds. The molecule has 4 heteroatoms. The molecule has 1 heterocycles. The van der Waals surface area contributed by atoms with Crippen LogP contribution in [-0.2, 0) is 9.59 Å². The quantitative estimate of drug-likeness (QED) is 0.423. The highest BCUT2D eigenvalue weighted by molar-refractivity contribution is 5.99. The summed E-state index contributed by atoms with van der Waals surface area (Å²) >= 11 is 0. The van der Waals surface area contributed by atoms with Crippen LogP contribution in [0.3, 0.4) is 0 Å². The van der Waals surface area contributed by atoms with Gasteiger partial charge in [-0.25, -0.2) is 0 Å². The van der Waals surface area contributed by atoms with Gasteiger partial charge in [-0.15, -0.1) is 0 Å². The normalized spacial score (nSPS) is 16.6. The van der Waals surface area contributed by atoms with Crippen LogP contribution < -0.4 is 5.73 Å². The molecule has 1 aliphatic heterocycles. The summed E-state index contributed by atoms with van der Waals surface area (Å²) in [7, 11) is 0. The van der Waals surface area contributed by atoms with Gasteiger partial charge in [0, 0.05) is 13.1 Å². The first kappa shape index (κ1) is 21.0. The van der Waals surface area contributed by atoms with Gasteiger partial charge in [0.2, 0.25) is 11.8 Å². The molecular weight excluding hydrogens is 300 g/mol. The molecule has 24 heavy (non-hydrogen) atoms. The molecule has 1 saturated heterocycles. The van der Waals surface area contributed by atoms with Gasteiger partial charge in [0.15, 0.2) is 0 Å². The van der Waals surface area contributed by atoms with Gasteiger partial charge >= 0.3 is 0 Å².